The zero-order chi connectivity index (χ0) is 25.6. The number of amides is 3. The Labute approximate surface area is 210 Å². The molecule has 36 heavy (non-hydrogen) atoms. The van der Waals surface area contributed by atoms with Crippen LogP contribution in [0.25, 0.3) is 10.9 Å². The largest absolute Gasteiger partial charge is 0.376 e. The average molecular weight is 499 g/mol. The van der Waals surface area contributed by atoms with Crippen LogP contribution < -0.4 is 10.6 Å². The van der Waals surface area contributed by atoms with E-state index >= 15 is 0 Å². The summed E-state index contributed by atoms with van der Waals surface area (Å²) in [6.07, 6.45) is 5.55. The van der Waals surface area contributed by atoms with E-state index < -0.39 is 11.4 Å². The fraction of sp³-hybridized carbons (Fsp3) is 0.593. The lowest BCUT2D eigenvalue weighted by molar-refractivity contribution is -0.134. The minimum absolute atomic E-state index is 0.0806. The molecule has 9 heteroatoms. The summed E-state index contributed by atoms with van der Waals surface area (Å²) >= 11 is 0. The van der Waals surface area contributed by atoms with Crippen molar-refractivity contribution in [2.45, 2.75) is 83.5 Å². The molecule has 0 bridgehead atoms. The minimum atomic E-state index is -1.17. The predicted octanol–water partition coefficient (Wildman–Crippen LogP) is 3.83. The van der Waals surface area contributed by atoms with Crippen molar-refractivity contribution in [3.05, 3.63) is 29.7 Å². The second kappa shape index (κ2) is 9.50. The van der Waals surface area contributed by atoms with Gasteiger partial charge in [-0.25, -0.2) is 4.39 Å². The van der Waals surface area contributed by atoms with E-state index in [1.165, 1.54) is 19.1 Å². The van der Waals surface area contributed by atoms with Crippen LogP contribution in [0.1, 0.15) is 69.8 Å². The molecule has 1 saturated heterocycles. The summed E-state index contributed by atoms with van der Waals surface area (Å²) < 4.78 is 21.8. The van der Waals surface area contributed by atoms with Gasteiger partial charge in [0.25, 0.3) is 5.91 Å². The normalized spacial score (nSPS) is 28.3. The Morgan fingerprint density at radius 3 is 2.61 bits per heavy atom. The molecule has 1 saturated carbocycles. The van der Waals surface area contributed by atoms with Crippen LogP contribution in [-0.2, 0) is 20.9 Å². The number of carbonyl (C=O) groups excluding carboxylic acids is 3. The highest BCUT2D eigenvalue weighted by atomic mass is 19.1. The summed E-state index contributed by atoms with van der Waals surface area (Å²) in [6.45, 7) is 6.49. The molecule has 2 fully saturated rings. The maximum atomic E-state index is 14.2. The minimum Gasteiger partial charge on any atom is -0.376 e. The molecular weight excluding hydrogens is 463 g/mol. The van der Waals surface area contributed by atoms with Crippen molar-refractivity contribution in [3.8, 4) is 0 Å². The highest BCUT2D eigenvalue weighted by molar-refractivity contribution is 6.14. The lowest BCUT2D eigenvalue weighted by atomic mass is 9.86. The van der Waals surface area contributed by atoms with Gasteiger partial charge in [-0.3, -0.25) is 14.4 Å². The Bertz CT molecular complexity index is 1200. The number of rotatable bonds is 5. The number of benzene rings is 1. The van der Waals surface area contributed by atoms with E-state index in [0.29, 0.717) is 23.4 Å². The number of anilines is 1. The fourth-order valence-electron chi connectivity index (χ4n) is 5.98. The number of halogens is 1. The highest BCUT2D eigenvalue weighted by Crippen LogP contribution is 2.40. The van der Waals surface area contributed by atoms with Gasteiger partial charge in [0, 0.05) is 31.5 Å². The van der Waals surface area contributed by atoms with E-state index in [9.17, 15) is 18.8 Å². The number of ether oxygens (including phenoxy) is 1. The van der Waals surface area contributed by atoms with E-state index in [2.05, 4.69) is 17.6 Å². The third kappa shape index (κ3) is 4.38. The van der Waals surface area contributed by atoms with E-state index in [0.717, 1.165) is 38.5 Å². The molecule has 3 aliphatic rings. The topological polar surface area (TPSA) is 92.7 Å². The molecule has 194 valence electrons. The Morgan fingerprint density at radius 1 is 1.19 bits per heavy atom. The molecule has 1 aliphatic carbocycles. The van der Waals surface area contributed by atoms with Crippen LogP contribution in [0.5, 0.6) is 0 Å². The van der Waals surface area contributed by atoms with Crippen molar-refractivity contribution < 1.29 is 23.5 Å². The molecule has 8 nitrogen and oxygen atoms in total. The summed E-state index contributed by atoms with van der Waals surface area (Å²) in [5, 5.41) is 6.43. The first-order valence-corrected chi connectivity index (χ1v) is 13.0. The van der Waals surface area contributed by atoms with Crippen LogP contribution in [0, 0.1) is 11.7 Å². The van der Waals surface area contributed by atoms with Crippen LogP contribution in [0.2, 0.25) is 0 Å². The van der Waals surface area contributed by atoms with Gasteiger partial charge in [0.15, 0.2) is 0 Å². The molecule has 2 N–H and O–H groups in total. The molecular formula is C27H35FN4O4. The van der Waals surface area contributed by atoms with E-state index in [1.54, 1.807) is 22.5 Å². The van der Waals surface area contributed by atoms with Crippen molar-refractivity contribution in [1.29, 1.82) is 0 Å². The molecule has 0 spiro atoms. The van der Waals surface area contributed by atoms with Gasteiger partial charge in [0.2, 0.25) is 11.8 Å². The molecule has 0 radical (unpaired) electrons. The quantitative estimate of drug-likeness (QED) is 0.656. The lowest BCUT2D eigenvalue weighted by Gasteiger charge is -2.45. The fourth-order valence-corrected chi connectivity index (χ4v) is 5.98. The standard InChI is InChI=1S/C27H35FN4O4/c1-16-6-9-19(10-7-16)30-26(35)27(3)15-31-22-11-8-18(28)13-21(22)23(29-17(2)33)24(31)25(34)32(27)14-20-5-4-12-36-20/h8,11,13,16,19-20H,4-7,9-10,12,14-15H2,1-3H3,(H,29,33)(H,30,35). The Hall–Kier alpha value is -2.94. The SMILES string of the molecule is CC(=O)Nc1c2n(c3ccc(F)cc13)CC(C)(C(=O)NC1CCC(C)CC1)N(CC1CCCO1)C2=O. The zero-order valence-corrected chi connectivity index (χ0v) is 21.2. The highest BCUT2D eigenvalue weighted by Gasteiger charge is 2.50. The summed E-state index contributed by atoms with van der Waals surface area (Å²) in [6, 6.07) is 4.34. The van der Waals surface area contributed by atoms with Crippen LogP contribution in [0.15, 0.2) is 18.2 Å². The summed E-state index contributed by atoms with van der Waals surface area (Å²) in [5.74, 6) is -0.725. The van der Waals surface area contributed by atoms with E-state index in [1.807, 2.05) is 0 Å². The lowest BCUT2D eigenvalue weighted by Crippen LogP contribution is -2.66. The van der Waals surface area contributed by atoms with Crippen molar-refractivity contribution in [2.24, 2.45) is 5.92 Å². The summed E-state index contributed by atoms with van der Waals surface area (Å²) in [4.78, 5) is 41.7. The molecule has 1 aromatic heterocycles. The Kier molecular flexibility index (Phi) is 6.53. The predicted molar refractivity (Wildman–Crippen MR) is 134 cm³/mol. The Morgan fingerprint density at radius 2 is 1.94 bits per heavy atom. The van der Waals surface area contributed by atoms with Gasteiger partial charge in [-0.2, -0.15) is 0 Å². The number of aromatic nitrogens is 1. The van der Waals surface area contributed by atoms with Crippen LogP contribution >= 0.6 is 0 Å². The smallest absolute Gasteiger partial charge is 0.273 e. The van der Waals surface area contributed by atoms with Crippen molar-refractivity contribution in [2.75, 3.05) is 18.5 Å². The second-order valence-corrected chi connectivity index (χ2v) is 10.9. The van der Waals surface area contributed by atoms with Crippen molar-refractivity contribution >= 4 is 34.3 Å². The molecule has 2 aromatic rings. The van der Waals surface area contributed by atoms with Gasteiger partial charge in [-0.15, -0.1) is 0 Å². The van der Waals surface area contributed by atoms with E-state index in [4.69, 9.17) is 4.74 Å². The number of fused-ring (bicyclic) bond motifs is 3. The van der Waals surface area contributed by atoms with Crippen LogP contribution in [0.3, 0.4) is 0 Å². The second-order valence-electron chi connectivity index (χ2n) is 10.9. The van der Waals surface area contributed by atoms with Crippen LogP contribution in [0.4, 0.5) is 10.1 Å². The number of carbonyl (C=O) groups is 3. The first kappa shape index (κ1) is 24.7. The monoisotopic (exact) mass is 498 g/mol. The zero-order valence-electron chi connectivity index (χ0n) is 21.2. The van der Waals surface area contributed by atoms with Crippen molar-refractivity contribution in [3.63, 3.8) is 0 Å². The van der Waals surface area contributed by atoms with Gasteiger partial charge >= 0.3 is 0 Å². The first-order valence-electron chi connectivity index (χ1n) is 13.0. The van der Waals surface area contributed by atoms with Gasteiger partial charge in [-0.1, -0.05) is 6.92 Å². The van der Waals surface area contributed by atoms with Crippen molar-refractivity contribution in [1.82, 2.24) is 14.8 Å². The summed E-state index contributed by atoms with van der Waals surface area (Å²) in [7, 11) is 0. The van der Waals surface area contributed by atoms with Gasteiger partial charge in [0.1, 0.15) is 17.1 Å². The van der Waals surface area contributed by atoms with E-state index in [-0.39, 0.29) is 54.3 Å². The molecule has 5 rings (SSSR count). The number of hydrogen-bond acceptors (Lipinski definition) is 4. The van der Waals surface area contributed by atoms with Gasteiger partial charge < -0.3 is 24.8 Å². The number of nitrogens with zero attached hydrogens (tertiary/aromatic N) is 2. The van der Waals surface area contributed by atoms with Gasteiger partial charge in [-0.05, 0) is 69.6 Å². The maximum Gasteiger partial charge on any atom is 0.273 e. The van der Waals surface area contributed by atoms with Crippen LogP contribution in [-0.4, -0.2) is 58.0 Å². The van der Waals surface area contributed by atoms with Gasteiger partial charge in [0.05, 0.1) is 23.9 Å². The molecule has 2 atom stereocenters. The first-order chi connectivity index (χ1) is 17.2. The number of nitrogens with one attached hydrogen (secondary N) is 2. The molecule has 3 heterocycles. The number of hydrogen-bond donors (Lipinski definition) is 2. The molecule has 2 unspecified atom stereocenters. The maximum absolute atomic E-state index is 14.2. The summed E-state index contributed by atoms with van der Waals surface area (Å²) in [5.41, 5.74) is -0.0261. The molecule has 3 amide bonds. The average Bonchev–Trinajstić information content (AvgIpc) is 3.44. The molecule has 1 aromatic carbocycles. The third-order valence-electron chi connectivity index (χ3n) is 8.09. The third-order valence-corrected chi connectivity index (χ3v) is 8.09. The Balaban J connectivity index is 1.58. The molecule has 2 aliphatic heterocycles.